The Balaban J connectivity index is 1.45. The molecule has 0 bridgehead atoms. The van der Waals surface area contributed by atoms with Crippen LogP contribution in [0.5, 0.6) is 0 Å². The van der Waals surface area contributed by atoms with E-state index in [-0.39, 0.29) is 30.4 Å². The Morgan fingerprint density at radius 3 is 2.48 bits per heavy atom. The normalized spacial score (nSPS) is 21.2. The molecule has 2 heterocycles. The van der Waals surface area contributed by atoms with E-state index in [9.17, 15) is 9.59 Å². The number of carbonyl (C=O) groups excluding carboxylic acids is 2. The van der Waals surface area contributed by atoms with Crippen LogP contribution in [-0.4, -0.2) is 46.6 Å². The Hall–Kier alpha value is -3.51. The lowest BCUT2D eigenvalue weighted by Crippen LogP contribution is -2.51. The molecule has 2 aliphatic heterocycles. The zero-order chi connectivity index (χ0) is 22.8. The van der Waals surface area contributed by atoms with Crippen LogP contribution in [0.2, 0.25) is 0 Å². The van der Waals surface area contributed by atoms with Gasteiger partial charge in [-0.2, -0.15) is 5.10 Å². The highest BCUT2D eigenvalue weighted by Gasteiger charge is 2.36. The maximum absolute atomic E-state index is 13.5. The number of nitrogens with zero attached hydrogens (tertiary/aromatic N) is 3. The minimum Gasteiger partial charge on any atom is -0.368 e. The predicted octanol–water partition coefficient (Wildman–Crippen LogP) is 3.86. The highest BCUT2D eigenvalue weighted by atomic mass is 16.2. The highest BCUT2D eigenvalue weighted by Crippen LogP contribution is 2.33. The summed E-state index contributed by atoms with van der Waals surface area (Å²) in [6.07, 6.45) is 3.27. The van der Waals surface area contributed by atoms with Gasteiger partial charge in [-0.15, -0.1) is 0 Å². The van der Waals surface area contributed by atoms with E-state index in [0.29, 0.717) is 19.4 Å². The van der Waals surface area contributed by atoms with Gasteiger partial charge in [0.25, 0.3) is 5.91 Å². The van der Waals surface area contributed by atoms with Crippen LogP contribution in [0.3, 0.4) is 0 Å². The van der Waals surface area contributed by atoms with Gasteiger partial charge in [-0.1, -0.05) is 73.2 Å². The van der Waals surface area contributed by atoms with Gasteiger partial charge < -0.3 is 5.73 Å². The molecule has 1 saturated heterocycles. The second-order valence-electron chi connectivity index (χ2n) is 8.86. The molecule has 0 aliphatic carbocycles. The minimum atomic E-state index is -0.385. The van der Waals surface area contributed by atoms with Crippen LogP contribution in [0.15, 0.2) is 77.9 Å². The second-order valence-corrected chi connectivity index (χ2v) is 8.86. The maximum atomic E-state index is 13.5. The Morgan fingerprint density at radius 2 is 1.70 bits per heavy atom. The number of benzene rings is 3. The van der Waals surface area contributed by atoms with Crippen molar-refractivity contribution in [3.05, 3.63) is 83.9 Å². The van der Waals surface area contributed by atoms with E-state index in [4.69, 9.17) is 10.8 Å². The van der Waals surface area contributed by atoms with Crippen molar-refractivity contribution in [1.82, 2.24) is 9.91 Å². The third-order valence-electron chi connectivity index (χ3n) is 6.71. The molecular formula is C27H28N4O2. The summed E-state index contributed by atoms with van der Waals surface area (Å²) in [6, 6.07) is 24.0. The van der Waals surface area contributed by atoms with E-state index < -0.39 is 0 Å². The van der Waals surface area contributed by atoms with Crippen molar-refractivity contribution in [2.45, 2.75) is 37.8 Å². The number of amides is 2. The number of carbonyl (C=O) groups is 2. The number of piperidine rings is 1. The summed E-state index contributed by atoms with van der Waals surface area (Å²) in [6.45, 7) is 0.843. The van der Waals surface area contributed by atoms with Gasteiger partial charge >= 0.3 is 0 Å². The monoisotopic (exact) mass is 440 g/mol. The number of rotatable bonds is 5. The fraction of sp³-hybridized carbons (Fsp3) is 0.296. The van der Waals surface area contributed by atoms with Crippen LogP contribution in [0.25, 0.3) is 10.8 Å². The smallest absolute Gasteiger partial charge is 0.257 e. The number of primary amides is 1. The molecule has 0 saturated carbocycles. The van der Waals surface area contributed by atoms with Crippen LogP contribution >= 0.6 is 0 Å². The van der Waals surface area contributed by atoms with Crippen molar-refractivity contribution in [1.29, 1.82) is 0 Å². The van der Waals surface area contributed by atoms with E-state index >= 15 is 0 Å². The molecule has 3 aromatic carbocycles. The quantitative estimate of drug-likeness (QED) is 0.654. The molecule has 2 unspecified atom stereocenters. The third-order valence-corrected chi connectivity index (χ3v) is 6.71. The zero-order valence-corrected chi connectivity index (χ0v) is 18.6. The van der Waals surface area contributed by atoms with Gasteiger partial charge in [-0.25, -0.2) is 5.01 Å². The standard InChI is InChI=1S/C27H28N4O2/c28-27(33)24-12-6-7-15-30(24)18-26(32)31-25(20-9-2-1-3-10-20)17-23(29-31)22-14-13-19-8-4-5-11-21(19)16-22/h1-5,8-11,13-14,16,24-25H,6-7,12,15,17-18H2,(H2,28,33). The molecule has 168 valence electrons. The number of hydrazone groups is 1. The van der Waals surface area contributed by atoms with Crippen LogP contribution in [0.4, 0.5) is 0 Å². The Labute approximate surface area is 193 Å². The fourth-order valence-corrected chi connectivity index (χ4v) is 4.97. The molecule has 6 heteroatoms. The van der Waals surface area contributed by atoms with E-state index in [2.05, 4.69) is 30.3 Å². The Morgan fingerprint density at radius 1 is 0.939 bits per heavy atom. The average molecular weight is 441 g/mol. The van der Waals surface area contributed by atoms with Crippen molar-refractivity contribution in [2.24, 2.45) is 10.8 Å². The van der Waals surface area contributed by atoms with Crippen molar-refractivity contribution in [3.8, 4) is 0 Å². The van der Waals surface area contributed by atoms with Crippen LogP contribution in [0.1, 0.15) is 42.9 Å². The summed E-state index contributed by atoms with van der Waals surface area (Å²) in [4.78, 5) is 27.3. The molecule has 5 rings (SSSR count). The molecule has 2 atom stereocenters. The van der Waals surface area contributed by atoms with Crippen molar-refractivity contribution < 1.29 is 9.59 Å². The summed E-state index contributed by atoms with van der Waals surface area (Å²) in [5, 5.41) is 8.76. The number of hydrogen-bond acceptors (Lipinski definition) is 4. The number of fused-ring (bicyclic) bond motifs is 1. The molecule has 3 aromatic rings. The van der Waals surface area contributed by atoms with Crippen LogP contribution in [-0.2, 0) is 9.59 Å². The Bertz CT molecular complexity index is 1210. The van der Waals surface area contributed by atoms with Crippen molar-refractivity contribution in [2.75, 3.05) is 13.1 Å². The molecule has 2 aliphatic rings. The summed E-state index contributed by atoms with van der Waals surface area (Å²) < 4.78 is 0. The lowest BCUT2D eigenvalue weighted by atomic mass is 9.97. The zero-order valence-electron chi connectivity index (χ0n) is 18.6. The number of nitrogens with two attached hydrogens (primary N) is 1. The van der Waals surface area contributed by atoms with Crippen LogP contribution < -0.4 is 5.73 Å². The van der Waals surface area contributed by atoms with E-state index in [0.717, 1.165) is 35.1 Å². The first kappa shape index (κ1) is 21.3. The molecule has 1 fully saturated rings. The lowest BCUT2D eigenvalue weighted by molar-refractivity contribution is -0.136. The average Bonchev–Trinajstić information content (AvgIpc) is 3.30. The molecule has 0 aromatic heterocycles. The minimum absolute atomic E-state index is 0.104. The first-order valence-electron chi connectivity index (χ1n) is 11.6. The van der Waals surface area contributed by atoms with Gasteiger partial charge in [0, 0.05) is 6.42 Å². The van der Waals surface area contributed by atoms with Crippen molar-refractivity contribution >= 4 is 28.3 Å². The number of hydrogen-bond donors (Lipinski definition) is 1. The Kier molecular flexibility index (Phi) is 5.92. The SMILES string of the molecule is NC(=O)C1CCCCN1CC(=O)N1N=C(c2ccc3ccccc3c2)CC1c1ccccc1. The summed E-state index contributed by atoms with van der Waals surface area (Å²) in [7, 11) is 0. The second kappa shape index (κ2) is 9.16. The summed E-state index contributed by atoms with van der Waals surface area (Å²) in [5.74, 6) is -0.461. The van der Waals surface area contributed by atoms with Gasteiger partial charge in [-0.05, 0) is 47.4 Å². The summed E-state index contributed by atoms with van der Waals surface area (Å²) >= 11 is 0. The van der Waals surface area contributed by atoms with E-state index in [1.807, 2.05) is 47.4 Å². The lowest BCUT2D eigenvalue weighted by Gasteiger charge is -2.34. The van der Waals surface area contributed by atoms with Gasteiger partial charge in [0.1, 0.15) is 0 Å². The predicted molar refractivity (Wildman–Crippen MR) is 130 cm³/mol. The molecule has 2 N–H and O–H groups in total. The van der Waals surface area contributed by atoms with Gasteiger partial charge in [-0.3, -0.25) is 14.5 Å². The molecule has 6 nitrogen and oxygen atoms in total. The molecule has 0 radical (unpaired) electrons. The van der Waals surface area contributed by atoms with Gasteiger partial charge in [0.15, 0.2) is 0 Å². The molecule has 0 spiro atoms. The van der Waals surface area contributed by atoms with Gasteiger partial charge in [0.05, 0.1) is 24.3 Å². The van der Waals surface area contributed by atoms with Crippen LogP contribution in [0, 0.1) is 0 Å². The first-order valence-corrected chi connectivity index (χ1v) is 11.6. The largest absolute Gasteiger partial charge is 0.368 e. The number of likely N-dealkylation sites (tertiary alicyclic amines) is 1. The van der Waals surface area contributed by atoms with Gasteiger partial charge in [0.2, 0.25) is 5.91 Å². The molecular weight excluding hydrogens is 412 g/mol. The van der Waals surface area contributed by atoms with Crippen molar-refractivity contribution in [3.63, 3.8) is 0 Å². The fourth-order valence-electron chi connectivity index (χ4n) is 4.97. The maximum Gasteiger partial charge on any atom is 0.257 e. The van der Waals surface area contributed by atoms with E-state index in [1.165, 1.54) is 5.39 Å². The first-order chi connectivity index (χ1) is 16.1. The topological polar surface area (TPSA) is 79.0 Å². The molecule has 2 amide bonds. The highest BCUT2D eigenvalue weighted by molar-refractivity contribution is 6.05. The third kappa shape index (κ3) is 4.39. The van der Waals surface area contributed by atoms with E-state index in [1.54, 1.807) is 5.01 Å². The molecule has 33 heavy (non-hydrogen) atoms. The summed E-state index contributed by atoms with van der Waals surface area (Å²) in [5.41, 5.74) is 8.59.